The number of carboxylic acids is 1. The first-order chi connectivity index (χ1) is 12.6. The third-order valence-electron chi connectivity index (χ3n) is 3.88. The Labute approximate surface area is 157 Å². The number of rotatable bonds is 10. The second kappa shape index (κ2) is 10.5. The highest BCUT2D eigenvalue weighted by Crippen LogP contribution is 2.21. The van der Waals surface area contributed by atoms with Crippen LogP contribution in [0, 0.1) is 5.92 Å². The molecule has 1 unspecified atom stereocenters. The molecule has 2 rings (SSSR count). The van der Waals surface area contributed by atoms with Crippen molar-refractivity contribution in [2.75, 3.05) is 19.4 Å². The molecule has 138 valence electrons. The number of ether oxygens (including phenoxy) is 1. The SMILES string of the molecule is COc1ccc(SCCC(=O)NCC(Cc2ccccc2)C(=O)O)cc1. The Bertz CT molecular complexity index is 704. The van der Waals surface area contributed by atoms with Crippen molar-refractivity contribution in [1.29, 1.82) is 0 Å². The number of carbonyl (C=O) groups excluding carboxylic acids is 1. The number of methoxy groups -OCH3 is 1. The van der Waals surface area contributed by atoms with Crippen LogP contribution in [0.3, 0.4) is 0 Å². The molecule has 0 aliphatic carbocycles. The minimum absolute atomic E-state index is 0.134. The van der Waals surface area contributed by atoms with Crippen LogP contribution in [0.25, 0.3) is 0 Å². The van der Waals surface area contributed by atoms with Gasteiger partial charge in [-0.3, -0.25) is 9.59 Å². The third kappa shape index (κ3) is 6.80. The number of benzene rings is 2. The summed E-state index contributed by atoms with van der Waals surface area (Å²) in [6.45, 7) is 0.135. The molecule has 2 aromatic carbocycles. The van der Waals surface area contributed by atoms with Gasteiger partial charge in [-0.2, -0.15) is 0 Å². The van der Waals surface area contributed by atoms with Gasteiger partial charge < -0.3 is 15.2 Å². The molecule has 0 bridgehead atoms. The number of hydrogen-bond donors (Lipinski definition) is 2. The molecule has 0 spiro atoms. The normalized spacial score (nSPS) is 11.6. The van der Waals surface area contributed by atoms with Crippen molar-refractivity contribution in [3.8, 4) is 5.75 Å². The molecule has 6 heteroatoms. The molecule has 2 aromatic rings. The summed E-state index contributed by atoms with van der Waals surface area (Å²) in [5, 5.41) is 12.1. The Hall–Kier alpha value is -2.47. The molecule has 0 aliphatic heterocycles. The number of nitrogens with one attached hydrogen (secondary N) is 1. The second-order valence-electron chi connectivity index (χ2n) is 5.80. The standard InChI is InChI=1S/C20H23NO4S/c1-25-17-7-9-18(10-8-17)26-12-11-19(22)21-14-16(20(23)24)13-15-5-3-2-4-6-15/h2-10,16H,11-14H2,1H3,(H,21,22)(H,23,24). The fourth-order valence-electron chi connectivity index (χ4n) is 2.40. The Balaban J connectivity index is 1.72. The Kier molecular flexibility index (Phi) is 8.02. The van der Waals surface area contributed by atoms with Crippen molar-refractivity contribution in [1.82, 2.24) is 5.32 Å². The number of aliphatic carboxylic acids is 1. The highest BCUT2D eigenvalue weighted by atomic mass is 32.2. The first-order valence-electron chi connectivity index (χ1n) is 8.38. The Morgan fingerprint density at radius 2 is 1.81 bits per heavy atom. The van der Waals surface area contributed by atoms with Gasteiger partial charge in [0, 0.05) is 23.6 Å². The zero-order valence-electron chi connectivity index (χ0n) is 14.7. The van der Waals surface area contributed by atoms with Crippen LogP contribution >= 0.6 is 11.8 Å². The lowest BCUT2D eigenvalue weighted by molar-refractivity contribution is -0.141. The van der Waals surface area contributed by atoms with Crippen LogP contribution in [-0.2, 0) is 16.0 Å². The van der Waals surface area contributed by atoms with Crippen LogP contribution in [-0.4, -0.2) is 36.4 Å². The van der Waals surface area contributed by atoms with Crippen molar-refractivity contribution < 1.29 is 19.4 Å². The smallest absolute Gasteiger partial charge is 0.308 e. The maximum atomic E-state index is 12.0. The lowest BCUT2D eigenvalue weighted by Gasteiger charge is -2.13. The predicted molar refractivity (Wildman–Crippen MR) is 103 cm³/mol. The molecular formula is C20H23NO4S. The molecule has 0 aromatic heterocycles. The molecule has 5 nitrogen and oxygen atoms in total. The average molecular weight is 373 g/mol. The topological polar surface area (TPSA) is 75.6 Å². The zero-order chi connectivity index (χ0) is 18.8. The number of amides is 1. The summed E-state index contributed by atoms with van der Waals surface area (Å²) in [6, 6.07) is 17.1. The Morgan fingerprint density at radius 1 is 1.12 bits per heavy atom. The molecule has 0 heterocycles. The van der Waals surface area contributed by atoms with Crippen molar-refractivity contribution in [3.05, 3.63) is 60.2 Å². The van der Waals surface area contributed by atoms with E-state index in [0.29, 0.717) is 18.6 Å². The van der Waals surface area contributed by atoms with E-state index in [-0.39, 0.29) is 12.5 Å². The van der Waals surface area contributed by atoms with Gasteiger partial charge in [-0.05, 0) is 36.2 Å². The van der Waals surface area contributed by atoms with E-state index in [1.54, 1.807) is 18.9 Å². The van der Waals surface area contributed by atoms with Crippen LogP contribution in [0.1, 0.15) is 12.0 Å². The van der Waals surface area contributed by atoms with Crippen molar-refractivity contribution in [3.63, 3.8) is 0 Å². The molecule has 0 saturated carbocycles. The maximum Gasteiger partial charge on any atom is 0.308 e. The van der Waals surface area contributed by atoms with Gasteiger partial charge in [-0.15, -0.1) is 11.8 Å². The Morgan fingerprint density at radius 3 is 2.42 bits per heavy atom. The predicted octanol–water partition coefficient (Wildman–Crippen LogP) is 3.24. The number of hydrogen-bond acceptors (Lipinski definition) is 4. The molecule has 0 radical (unpaired) electrons. The van der Waals surface area contributed by atoms with Gasteiger partial charge in [-0.25, -0.2) is 0 Å². The molecule has 0 saturated heterocycles. The summed E-state index contributed by atoms with van der Waals surface area (Å²) in [6.07, 6.45) is 0.741. The monoisotopic (exact) mass is 373 g/mol. The molecule has 2 N–H and O–H groups in total. The van der Waals surface area contributed by atoms with E-state index in [0.717, 1.165) is 16.2 Å². The summed E-state index contributed by atoms with van der Waals surface area (Å²) in [5.74, 6) is -0.234. The zero-order valence-corrected chi connectivity index (χ0v) is 15.5. The van der Waals surface area contributed by atoms with E-state index in [1.807, 2.05) is 54.6 Å². The lowest BCUT2D eigenvalue weighted by Crippen LogP contribution is -2.34. The van der Waals surface area contributed by atoms with E-state index in [9.17, 15) is 14.7 Å². The van der Waals surface area contributed by atoms with Gasteiger partial charge in [-0.1, -0.05) is 30.3 Å². The summed E-state index contributed by atoms with van der Waals surface area (Å²) in [4.78, 5) is 24.4. The van der Waals surface area contributed by atoms with Crippen LogP contribution in [0.4, 0.5) is 0 Å². The highest BCUT2D eigenvalue weighted by molar-refractivity contribution is 7.99. The molecular weight excluding hydrogens is 350 g/mol. The first-order valence-corrected chi connectivity index (χ1v) is 9.37. The molecule has 0 fully saturated rings. The molecule has 26 heavy (non-hydrogen) atoms. The van der Waals surface area contributed by atoms with Gasteiger partial charge in [0.15, 0.2) is 0 Å². The van der Waals surface area contributed by atoms with Crippen LogP contribution in [0.5, 0.6) is 5.75 Å². The fraction of sp³-hybridized carbons (Fsp3) is 0.300. The van der Waals surface area contributed by atoms with E-state index in [4.69, 9.17) is 4.74 Å². The van der Waals surface area contributed by atoms with Gasteiger partial charge in [0.2, 0.25) is 5.91 Å². The van der Waals surface area contributed by atoms with Crippen LogP contribution < -0.4 is 10.1 Å². The highest BCUT2D eigenvalue weighted by Gasteiger charge is 2.18. The largest absolute Gasteiger partial charge is 0.497 e. The summed E-state index contributed by atoms with van der Waals surface area (Å²) >= 11 is 1.58. The summed E-state index contributed by atoms with van der Waals surface area (Å²) in [7, 11) is 1.62. The van der Waals surface area contributed by atoms with Crippen molar-refractivity contribution >= 4 is 23.6 Å². The van der Waals surface area contributed by atoms with Gasteiger partial charge in [0.05, 0.1) is 13.0 Å². The van der Waals surface area contributed by atoms with Crippen LogP contribution in [0.2, 0.25) is 0 Å². The van der Waals surface area contributed by atoms with E-state index in [1.165, 1.54) is 0 Å². The third-order valence-corrected chi connectivity index (χ3v) is 4.89. The minimum atomic E-state index is -0.901. The maximum absolute atomic E-state index is 12.0. The molecule has 1 atom stereocenters. The average Bonchev–Trinajstić information content (AvgIpc) is 2.66. The van der Waals surface area contributed by atoms with E-state index in [2.05, 4.69) is 5.32 Å². The van der Waals surface area contributed by atoms with Gasteiger partial charge in [0.25, 0.3) is 0 Å². The fourth-order valence-corrected chi connectivity index (χ4v) is 3.26. The number of carboxylic acid groups (broad SMARTS) is 1. The van der Waals surface area contributed by atoms with Gasteiger partial charge in [0.1, 0.15) is 5.75 Å². The molecule has 1 amide bonds. The van der Waals surface area contributed by atoms with Crippen molar-refractivity contribution in [2.45, 2.75) is 17.7 Å². The first kappa shape index (κ1) is 19.8. The minimum Gasteiger partial charge on any atom is -0.497 e. The summed E-state index contributed by atoms with van der Waals surface area (Å²) < 4.78 is 5.11. The number of thioether (sulfide) groups is 1. The summed E-state index contributed by atoms with van der Waals surface area (Å²) in [5.41, 5.74) is 0.948. The van der Waals surface area contributed by atoms with Gasteiger partial charge >= 0.3 is 5.97 Å². The van der Waals surface area contributed by atoms with Crippen molar-refractivity contribution in [2.24, 2.45) is 5.92 Å². The lowest BCUT2D eigenvalue weighted by atomic mass is 9.99. The number of carbonyl (C=O) groups is 2. The van der Waals surface area contributed by atoms with Crippen LogP contribution in [0.15, 0.2) is 59.5 Å². The molecule has 0 aliphatic rings. The second-order valence-corrected chi connectivity index (χ2v) is 6.97. The van der Waals surface area contributed by atoms with E-state index >= 15 is 0 Å². The van der Waals surface area contributed by atoms with E-state index < -0.39 is 11.9 Å². The quantitative estimate of drug-likeness (QED) is 0.626.